The summed E-state index contributed by atoms with van der Waals surface area (Å²) in [6, 6.07) is 11.1. The molecule has 0 spiro atoms. The van der Waals surface area contributed by atoms with Gasteiger partial charge in [0.1, 0.15) is 18.1 Å². The zero-order valence-electron chi connectivity index (χ0n) is 18.2. The summed E-state index contributed by atoms with van der Waals surface area (Å²) in [7, 11) is 1.53. The number of thioether (sulfide) groups is 1. The van der Waals surface area contributed by atoms with E-state index in [2.05, 4.69) is 28.2 Å². The summed E-state index contributed by atoms with van der Waals surface area (Å²) in [5.41, 5.74) is 2.75. The minimum absolute atomic E-state index is 0.142. The van der Waals surface area contributed by atoms with Gasteiger partial charge in [-0.2, -0.15) is 0 Å². The van der Waals surface area contributed by atoms with Gasteiger partial charge < -0.3 is 14.8 Å². The number of halogens is 1. The Bertz CT molecular complexity index is 1120. The van der Waals surface area contributed by atoms with Crippen molar-refractivity contribution in [2.24, 2.45) is 0 Å². The third-order valence-electron chi connectivity index (χ3n) is 4.56. The van der Waals surface area contributed by atoms with E-state index in [-0.39, 0.29) is 18.3 Å². The minimum atomic E-state index is -0.211. The molecule has 0 unspecified atom stereocenters. The summed E-state index contributed by atoms with van der Waals surface area (Å²) >= 11 is 7.30. The van der Waals surface area contributed by atoms with Crippen molar-refractivity contribution in [2.45, 2.75) is 32.2 Å². The van der Waals surface area contributed by atoms with Crippen molar-refractivity contribution >= 4 is 35.0 Å². The largest absolute Gasteiger partial charge is 0.495 e. The predicted octanol–water partition coefficient (Wildman–Crippen LogP) is 5.05. The molecule has 0 fully saturated rings. The van der Waals surface area contributed by atoms with Gasteiger partial charge in [0.05, 0.1) is 18.6 Å². The molecule has 1 amide bonds. The number of nitrogens with one attached hydrogen (secondary N) is 1. The van der Waals surface area contributed by atoms with Crippen LogP contribution in [0, 0.1) is 13.8 Å². The molecule has 7 nitrogen and oxygen atoms in total. The molecule has 0 aliphatic rings. The Morgan fingerprint density at radius 2 is 2.00 bits per heavy atom. The zero-order chi connectivity index (χ0) is 23.1. The summed E-state index contributed by atoms with van der Waals surface area (Å²) in [6.07, 6.45) is 1.75. The standard InChI is InChI=1S/C23H25ClN4O3S/c1-5-10-28-21(13-31-19-8-6-15(2)11-16(19)3)26-27-23(28)32-14-22(29)25-18-12-17(24)7-9-20(18)30-4/h5-9,11-12H,1,10,13-14H2,2-4H3,(H,25,29). The Morgan fingerprint density at radius 1 is 1.22 bits per heavy atom. The number of aryl methyl sites for hydroxylation is 2. The van der Waals surface area contributed by atoms with Crippen LogP contribution in [0.1, 0.15) is 17.0 Å². The van der Waals surface area contributed by atoms with Crippen LogP contribution in [-0.2, 0) is 17.9 Å². The second-order valence-electron chi connectivity index (χ2n) is 7.04. The van der Waals surface area contributed by atoms with Crippen LogP contribution in [0.3, 0.4) is 0 Å². The fourth-order valence-electron chi connectivity index (χ4n) is 3.04. The summed E-state index contributed by atoms with van der Waals surface area (Å²) < 4.78 is 13.1. The molecule has 32 heavy (non-hydrogen) atoms. The maximum absolute atomic E-state index is 12.5. The van der Waals surface area contributed by atoms with Crippen LogP contribution >= 0.6 is 23.4 Å². The van der Waals surface area contributed by atoms with Crippen LogP contribution in [-0.4, -0.2) is 33.5 Å². The second kappa shape index (κ2) is 11.1. The third kappa shape index (κ3) is 6.05. The number of hydrogen-bond acceptors (Lipinski definition) is 6. The van der Waals surface area contributed by atoms with E-state index in [0.29, 0.717) is 34.0 Å². The summed E-state index contributed by atoms with van der Waals surface area (Å²) in [5.74, 6) is 1.92. The van der Waals surface area contributed by atoms with Crippen LogP contribution in [0.4, 0.5) is 5.69 Å². The third-order valence-corrected chi connectivity index (χ3v) is 5.76. The lowest BCUT2D eigenvalue weighted by atomic mass is 10.1. The van der Waals surface area contributed by atoms with E-state index in [1.807, 2.05) is 30.5 Å². The first kappa shape index (κ1) is 23.7. The molecular weight excluding hydrogens is 448 g/mol. The average Bonchev–Trinajstić information content (AvgIpc) is 3.14. The molecule has 1 aromatic heterocycles. The summed E-state index contributed by atoms with van der Waals surface area (Å²) in [5, 5.41) is 12.4. The summed E-state index contributed by atoms with van der Waals surface area (Å²) in [6.45, 7) is 8.62. The number of ether oxygens (including phenoxy) is 2. The first-order valence-corrected chi connectivity index (χ1v) is 11.3. The molecule has 1 heterocycles. The Balaban J connectivity index is 1.65. The zero-order valence-corrected chi connectivity index (χ0v) is 19.8. The lowest BCUT2D eigenvalue weighted by Crippen LogP contribution is -2.15. The van der Waals surface area contributed by atoms with Gasteiger partial charge in [-0.1, -0.05) is 47.1 Å². The average molecular weight is 473 g/mol. The van der Waals surface area contributed by atoms with Crippen LogP contribution in [0.2, 0.25) is 5.02 Å². The van der Waals surface area contributed by atoms with Gasteiger partial charge in [0, 0.05) is 11.6 Å². The number of allylic oxidation sites excluding steroid dienone is 1. The fraction of sp³-hybridized carbons (Fsp3) is 0.261. The van der Waals surface area contributed by atoms with Gasteiger partial charge in [0.15, 0.2) is 11.0 Å². The van der Waals surface area contributed by atoms with Crippen molar-refractivity contribution in [1.82, 2.24) is 14.8 Å². The number of anilines is 1. The molecule has 0 bridgehead atoms. The number of aromatic nitrogens is 3. The lowest BCUT2D eigenvalue weighted by Gasteiger charge is -2.12. The highest BCUT2D eigenvalue weighted by atomic mass is 35.5. The molecule has 9 heteroatoms. The first-order chi connectivity index (χ1) is 15.4. The number of methoxy groups -OCH3 is 1. The number of benzene rings is 2. The molecule has 3 rings (SSSR count). The molecule has 0 saturated carbocycles. The van der Waals surface area contributed by atoms with E-state index in [4.69, 9.17) is 21.1 Å². The molecule has 1 N–H and O–H groups in total. The molecule has 2 aromatic carbocycles. The highest BCUT2D eigenvalue weighted by Crippen LogP contribution is 2.28. The van der Waals surface area contributed by atoms with Crippen molar-refractivity contribution in [3.8, 4) is 11.5 Å². The number of carbonyl (C=O) groups excluding carboxylic acids is 1. The van der Waals surface area contributed by atoms with Crippen molar-refractivity contribution in [3.05, 3.63) is 71.0 Å². The Labute approximate surface area is 196 Å². The summed E-state index contributed by atoms with van der Waals surface area (Å²) in [4.78, 5) is 12.5. The van der Waals surface area contributed by atoms with Crippen molar-refractivity contribution < 1.29 is 14.3 Å². The molecule has 0 atom stereocenters. The van der Waals surface area contributed by atoms with E-state index < -0.39 is 0 Å². The maximum atomic E-state index is 12.5. The van der Waals surface area contributed by atoms with Gasteiger partial charge in [0.25, 0.3) is 0 Å². The number of hydrogen-bond donors (Lipinski definition) is 1. The van der Waals surface area contributed by atoms with Crippen LogP contribution in [0.25, 0.3) is 0 Å². The highest BCUT2D eigenvalue weighted by molar-refractivity contribution is 7.99. The van der Waals surface area contributed by atoms with Crippen molar-refractivity contribution in [1.29, 1.82) is 0 Å². The first-order valence-electron chi connectivity index (χ1n) is 9.90. The molecule has 168 valence electrons. The Kier molecular flexibility index (Phi) is 8.19. The van der Waals surface area contributed by atoms with Gasteiger partial charge in [-0.15, -0.1) is 16.8 Å². The maximum Gasteiger partial charge on any atom is 0.234 e. The molecule has 3 aromatic rings. The normalized spacial score (nSPS) is 10.6. The van der Waals surface area contributed by atoms with E-state index in [1.54, 1.807) is 24.3 Å². The topological polar surface area (TPSA) is 78.3 Å². The number of amides is 1. The fourth-order valence-corrected chi connectivity index (χ4v) is 3.98. The molecular formula is C23H25ClN4O3S. The van der Waals surface area contributed by atoms with E-state index in [1.165, 1.54) is 24.4 Å². The molecule has 0 aliphatic carbocycles. The lowest BCUT2D eigenvalue weighted by molar-refractivity contribution is -0.113. The Morgan fingerprint density at radius 3 is 2.72 bits per heavy atom. The van der Waals surface area contributed by atoms with Crippen LogP contribution in [0.5, 0.6) is 11.5 Å². The predicted molar refractivity (Wildman–Crippen MR) is 128 cm³/mol. The number of carbonyl (C=O) groups is 1. The van der Waals surface area contributed by atoms with E-state index in [9.17, 15) is 4.79 Å². The van der Waals surface area contributed by atoms with Gasteiger partial charge in [-0.25, -0.2) is 0 Å². The van der Waals surface area contributed by atoms with E-state index in [0.717, 1.165) is 11.3 Å². The van der Waals surface area contributed by atoms with Crippen LogP contribution < -0.4 is 14.8 Å². The number of nitrogens with zero attached hydrogens (tertiary/aromatic N) is 3. The van der Waals surface area contributed by atoms with Crippen LogP contribution in [0.15, 0.2) is 54.2 Å². The second-order valence-corrected chi connectivity index (χ2v) is 8.42. The van der Waals surface area contributed by atoms with E-state index >= 15 is 0 Å². The highest BCUT2D eigenvalue weighted by Gasteiger charge is 2.15. The molecule has 0 saturated heterocycles. The molecule has 0 aliphatic heterocycles. The quantitative estimate of drug-likeness (QED) is 0.328. The van der Waals surface area contributed by atoms with Crippen molar-refractivity contribution in [3.63, 3.8) is 0 Å². The minimum Gasteiger partial charge on any atom is -0.495 e. The monoisotopic (exact) mass is 472 g/mol. The van der Waals surface area contributed by atoms with Gasteiger partial charge in [-0.05, 0) is 43.7 Å². The van der Waals surface area contributed by atoms with Crippen molar-refractivity contribution in [2.75, 3.05) is 18.2 Å². The van der Waals surface area contributed by atoms with Gasteiger partial charge >= 0.3 is 0 Å². The smallest absolute Gasteiger partial charge is 0.234 e. The Hall–Kier alpha value is -2.97. The number of rotatable bonds is 10. The van der Waals surface area contributed by atoms with Gasteiger partial charge in [0.2, 0.25) is 5.91 Å². The van der Waals surface area contributed by atoms with Gasteiger partial charge in [-0.3, -0.25) is 9.36 Å². The SMILES string of the molecule is C=CCn1c(COc2ccc(C)cc2C)nnc1SCC(=O)Nc1cc(Cl)ccc1OC. The molecule has 0 radical (unpaired) electrons.